The predicted octanol–water partition coefficient (Wildman–Crippen LogP) is 7.23. The van der Waals surface area contributed by atoms with Crippen LogP contribution >= 0.6 is 44.9 Å². The van der Waals surface area contributed by atoms with E-state index in [1.54, 1.807) is 0 Å². The highest BCUT2D eigenvalue weighted by Gasteiger charge is 2.28. The van der Waals surface area contributed by atoms with Crippen LogP contribution in [0.15, 0.2) is 41.3 Å². The molecule has 0 aromatic heterocycles. The third-order valence-corrected chi connectivity index (χ3v) is 5.71. The summed E-state index contributed by atoms with van der Waals surface area (Å²) in [5.41, 5.74) is 3.68. The van der Waals surface area contributed by atoms with Gasteiger partial charge in [-0.25, -0.2) is 0 Å². The van der Waals surface area contributed by atoms with Crippen LogP contribution < -0.4 is 0 Å². The van der Waals surface area contributed by atoms with E-state index in [1.807, 2.05) is 26.0 Å². The molecule has 0 bridgehead atoms. The third-order valence-electron chi connectivity index (χ3n) is 4.19. The van der Waals surface area contributed by atoms with Crippen LogP contribution in [0.25, 0.3) is 0 Å². The SMILES string of the molecule is CC.CCN1Cc2c(Cl)cc(Cl)cc2C(c2cccc(SCl)c2)C1. The molecule has 0 amide bonds. The van der Waals surface area contributed by atoms with E-state index in [1.165, 1.54) is 27.7 Å². The number of hydrogen-bond acceptors (Lipinski definition) is 2. The summed E-state index contributed by atoms with van der Waals surface area (Å²) in [5.74, 6) is 0.267. The first-order chi connectivity index (χ1) is 11.6. The van der Waals surface area contributed by atoms with Gasteiger partial charge < -0.3 is 0 Å². The van der Waals surface area contributed by atoms with Crippen molar-refractivity contribution in [3.05, 3.63) is 63.1 Å². The smallest absolute Gasteiger partial charge is 0.0468 e. The molecule has 2 aromatic rings. The highest BCUT2D eigenvalue weighted by atomic mass is 35.7. The summed E-state index contributed by atoms with van der Waals surface area (Å²) in [6.07, 6.45) is 0. The van der Waals surface area contributed by atoms with E-state index in [-0.39, 0.29) is 5.92 Å². The average Bonchev–Trinajstić information content (AvgIpc) is 2.62. The maximum absolute atomic E-state index is 6.44. The van der Waals surface area contributed by atoms with E-state index >= 15 is 0 Å². The summed E-state index contributed by atoms with van der Waals surface area (Å²) in [4.78, 5) is 3.47. The standard InChI is InChI=1S/C17H16Cl3NS.C2H6/c1-2-21-9-15(11-4-3-5-13(6-11)22-20)14-7-12(18)8-17(19)16(14)10-21;1-2/h3-8,15H,2,9-10H2,1H3;1-2H3. The van der Waals surface area contributed by atoms with Crippen LogP contribution in [0.1, 0.15) is 43.4 Å². The van der Waals surface area contributed by atoms with Crippen LogP contribution in [0.3, 0.4) is 0 Å². The summed E-state index contributed by atoms with van der Waals surface area (Å²) in [7, 11) is 7.16. The topological polar surface area (TPSA) is 3.24 Å². The lowest BCUT2D eigenvalue weighted by Crippen LogP contribution is -2.34. The van der Waals surface area contributed by atoms with Crippen molar-refractivity contribution < 1.29 is 0 Å². The van der Waals surface area contributed by atoms with Gasteiger partial charge in [0, 0.05) is 33.9 Å². The van der Waals surface area contributed by atoms with Crippen molar-refractivity contribution in [2.24, 2.45) is 0 Å². The highest BCUT2D eigenvalue weighted by molar-refractivity contribution is 8.21. The molecule has 0 saturated carbocycles. The second-order valence-corrected chi connectivity index (χ2v) is 7.42. The zero-order valence-corrected chi connectivity index (χ0v) is 17.2. The molecule has 0 saturated heterocycles. The van der Waals surface area contributed by atoms with Gasteiger partial charge in [-0.05, 0) is 69.2 Å². The fourth-order valence-electron chi connectivity index (χ4n) is 3.05. The van der Waals surface area contributed by atoms with Crippen molar-refractivity contribution in [2.75, 3.05) is 13.1 Å². The van der Waals surface area contributed by atoms with Crippen LogP contribution in [0.5, 0.6) is 0 Å². The van der Waals surface area contributed by atoms with Crippen molar-refractivity contribution in [2.45, 2.75) is 38.1 Å². The van der Waals surface area contributed by atoms with E-state index < -0.39 is 0 Å². The molecule has 0 spiro atoms. The van der Waals surface area contributed by atoms with Crippen molar-refractivity contribution in [1.82, 2.24) is 4.90 Å². The van der Waals surface area contributed by atoms with Gasteiger partial charge in [-0.3, -0.25) is 4.90 Å². The van der Waals surface area contributed by atoms with Crippen LogP contribution in [-0.4, -0.2) is 18.0 Å². The van der Waals surface area contributed by atoms with Gasteiger partial charge >= 0.3 is 0 Å². The molecule has 1 aliphatic rings. The first-order valence-electron chi connectivity index (χ1n) is 8.21. The fraction of sp³-hybridized carbons (Fsp3) is 0.368. The molecule has 2 aromatic carbocycles. The molecule has 0 radical (unpaired) electrons. The molecule has 1 nitrogen and oxygen atoms in total. The zero-order valence-electron chi connectivity index (χ0n) is 14.2. The Morgan fingerprint density at radius 2 is 1.92 bits per heavy atom. The molecular weight excluding hydrogens is 381 g/mol. The largest absolute Gasteiger partial charge is 0.298 e. The lowest BCUT2D eigenvalue weighted by atomic mass is 9.84. The number of fused-ring (bicyclic) bond motifs is 1. The van der Waals surface area contributed by atoms with E-state index in [2.05, 4.69) is 36.1 Å². The Balaban J connectivity index is 0.00000100. The van der Waals surface area contributed by atoms with Crippen LogP contribution in [0.4, 0.5) is 0 Å². The van der Waals surface area contributed by atoms with Crippen LogP contribution in [-0.2, 0) is 6.54 Å². The Bertz CT molecular complexity index is 690. The second-order valence-electron chi connectivity index (χ2n) is 5.49. The van der Waals surface area contributed by atoms with Crippen molar-refractivity contribution in [3.63, 3.8) is 0 Å². The molecule has 0 fully saturated rings. The Hall–Kier alpha value is -0.380. The Morgan fingerprint density at radius 3 is 2.58 bits per heavy atom. The monoisotopic (exact) mass is 401 g/mol. The molecular formula is C19H22Cl3NS. The first kappa shape index (κ1) is 19.9. The van der Waals surface area contributed by atoms with Gasteiger partial charge in [-0.2, -0.15) is 0 Å². The number of nitrogens with zero attached hydrogens (tertiary/aromatic N) is 1. The van der Waals surface area contributed by atoms with Crippen LogP contribution in [0.2, 0.25) is 10.0 Å². The van der Waals surface area contributed by atoms with Gasteiger partial charge in [0.15, 0.2) is 0 Å². The predicted molar refractivity (Wildman–Crippen MR) is 109 cm³/mol. The van der Waals surface area contributed by atoms with E-state index in [4.69, 9.17) is 33.9 Å². The number of halogens is 3. The molecule has 24 heavy (non-hydrogen) atoms. The quantitative estimate of drug-likeness (QED) is 0.532. The van der Waals surface area contributed by atoms with Gasteiger partial charge in [0.05, 0.1) is 0 Å². The highest BCUT2D eigenvalue weighted by Crippen LogP contribution is 2.39. The summed E-state index contributed by atoms with van der Waals surface area (Å²) >= 11 is 12.7. The number of rotatable bonds is 3. The minimum atomic E-state index is 0.267. The average molecular weight is 403 g/mol. The van der Waals surface area contributed by atoms with E-state index in [0.29, 0.717) is 5.02 Å². The molecule has 1 unspecified atom stereocenters. The lowest BCUT2D eigenvalue weighted by Gasteiger charge is -2.35. The number of benzene rings is 2. The third kappa shape index (κ3) is 4.42. The maximum Gasteiger partial charge on any atom is 0.0468 e. The lowest BCUT2D eigenvalue weighted by molar-refractivity contribution is 0.253. The normalized spacial score (nSPS) is 17.0. The molecule has 1 atom stereocenters. The Kier molecular flexibility index (Phi) is 7.77. The number of hydrogen-bond donors (Lipinski definition) is 0. The van der Waals surface area contributed by atoms with Gasteiger partial charge in [0.1, 0.15) is 0 Å². The summed E-state index contributed by atoms with van der Waals surface area (Å²) < 4.78 is 0. The van der Waals surface area contributed by atoms with Crippen molar-refractivity contribution in [3.8, 4) is 0 Å². The summed E-state index contributed by atoms with van der Waals surface area (Å²) in [6.45, 7) is 9.02. The van der Waals surface area contributed by atoms with Crippen molar-refractivity contribution >= 4 is 44.9 Å². The van der Waals surface area contributed by atoms with Gasteiger partial charge in [0.2, 0.25) is 0 Å². The summed E-state index contributed by atoms with van der Waals surface area (Å²) in [5, 5.41) is 1.45. The molecule has 3 rings (SSSR count). The second kappa shape index (κ2) is 9.35. The van der Waals surface area contributed by atoms with E-state index in [9.17, 15) is 0 Å². The van der Waals surface area contributed by atoms with Crippen molar-refractivity contribution in [1.29, 1.82) is 0 Å². The summed E-state index contributed by atoms with van der Waals surface area (Å²) in [6, 6.07) is 12.3. The molecule has 1 aliphatic heterocycles. The molecule has 130 valence electrons. The van der Waals surface area contributed by atoms with Gasteiger partial charge in [-0.15, -0.1) is 0 Å². The van der Waals surface area contributed by atoms with E-state index in [0.717, 1.165) is 29.6 Å². The zero-order chi connectivity index (χ0) is 17.7. The van der Waals surface area contributed by atoms with Gasteiger partial charge in [-0.1, -0.05) is 56.1 Å². The van der Waals surface area contributed by atoms with Crippen LogP contribution in [0, 0.1) is 0 Å². The first-order valence-corrected chi connectivity index (χ1v) is 10.6. The molecule has 0 N–H and O–H groups in total. The molecule has 1 heterocycles. The maximum atomic E-state index is 6.44. The fourth-order valence-corrected chi connectivity index (χ4v) is 4.22. The minimum absolute atomic E-state index is 0.267. The molecule has 0 aliphatic carbocycles. The minimum Gasteiger partial charge on any atom is -0.298 e. The Morgan fingerprint density at radius 1 is 1.17 bits per heavy atom. The molecule has 5 heteroatoms. The number of likely N-dealkylation sites (N-methyl/N-ethyl adjacent to an activating group) is 1. The Labute approximate surface area is 163 Å². The van der Waals surface area contributed by atoms with Gasteiger partial charge in [0.25, 0.3) is 0 Å².